The van der Waals surface area contributed by atoms with E-state index in [9.17, 15) is 9.90 Å². The summed E-state index contributed by atoms with van der Waals surface area (Å²) in [5.74, 6) is 1.25. The molecule has 27 heavy (non-hydrogen) atoms. The van der Waals surface area contributed by atoms with Crippen molar-refractivity contribution in [3.63, 3.8) is 0 Å². The van der Waals surface area contributed by atoms with Gasteiger partial charge in [0.1, 0.15) is 11.5 Å². The highest BCUT2D eigenvalue weighted by Gasteiger charge is 2.31. The Morgan fingerprint density at radius 1 is 1.30 bits per heavy atom. The molecule has 1 saturated heterocycles. The molecule has 0 spiro atoms. The van der Waals surface area contributed by atoms with E-state index < -0.39 is 6.10 Å². The summed E-state index contributed by atoms with van der Waals surface area (Å²) in [4.78, 5) is 17.1. The number of rotatable bonds is 6. The van der Waals surface area contributed by atoms with Gasteiger partial charge in [-0.15, -0.1) is 0 Å². The topological polar surface area (TPSA) is 82.9 Å². The van der Waals surface area contributed by atoms with Crippen molar-refractivity contribution in [2.75, 3.05) is 26.2 Å². The second-order valence-corrected chi connectivity index (χ2v) is 7.05. The molecule has 1 aromatic heterocycles. The van der Waals surface area contributed by atoms with E-state index in [-0.39, 0.29) is 18.5 Å². The van der Waals surface area contributed by atoms with Gasteiger partial charge >= 0.3 is 0 Å². The highest BCUT2D eigenvalue weighted by molar-refractivity contribution is 6.00. The molecule has 6 nitrogen and oxygen atoms in total. The lowest BCUT2D eigenvalue weighted by atomic mass is 10.0. The minimum Gasteiger partial charge on any atom is -0.459 e. The number of amides is 1. The molecular weight excluding hydrogens is 342 g/mol. The molecule has 0 radical (unpaired) electrons. The van der Waals surface area contributed by atoms with Gasteiger partial charge in [0.15, 0.2) is 0 Å². The number of furan rings is 1. The molecule has 6 heteroatoms. The Kier molecular flexibility index (Phi) is 6.31. The summed E-state index contributed by atoms with van der Waals surface area (Å²) in [5.41, 5.74) is 7.30. The first-order chi connectivity index (χ1) is 13.0. The molecule has 1 amide bonds. The molecule has 1 aromatic carbocycles. The van der Waals surface area contributed by atoms with Crippen molar-refractivity contribution in [3.05, 3.63) is 47.7 Å². The summed E-state index contributed by atoms with van der Waals surface area (Å²) in [7, 11) is 0. The lowest BCUT2D eigenvalue weighted by molar-refractivity contribution is 0.0395. The lowest BCUT2D eigenvalue weighted by Crippen LogP contribution is -2.52. The number of piperidine rings is 1. The van der Waals surface area contributed by atoms with Crippen molar-refractivity contribution in [3.8, 4) is 11.3 Å². The fourth-order valence-corrected chi connectivity index (χ4v) is 3.45. The average Bonchev–Trinajstić information content (AvgIpc) is 3.12. The molecular formula is C21H29N3O3. The predicted octanol–water partition coefficient (Wildman–Crippen LogP) is 2.32. The van der Waals surface area contributed by atoms with Crippen molar-refractivity contribution in [1.82, 2.24) is 9.80 Å². The standard InChI is InChI=1S/C21H29N3O3/c1-3-23(4-2)13-16-12-17(20(27-16)15-8-6-5-7-9-15)21(26)24-11-10-18(22)19(25)14-24/h5-9,12,18-19,25H,3-4,10-11,13-14,22H2,1-2H3/t18-,19-/m1/s1. The van der Waals surface area contributed by atoms with Gasteiger partial charge in [-0.05, 0) is 25.6 Å². The second kappa shape index (κ2) is 8.69. The van der Waals surface area contributed by atoms with Crippen molar-refractivity contribution in [2.24, 2.45) is 5.73 Å². The van der Waals surface area contributed by atoms with Crippen LogP contribution in [0.3, 0.4) is 0 Å². The summed E-state index contributed by atoms with van der Waals surface area (Å²) >= 11 is 0. The van der Waals surface area contributed by atoms with Gasteiger partial charge in [0.25, 0.3) is 5.91 Å². The largest absolute Gasteiger partial charge is 0.459 e. The van der Waals surface area contributed by atoms with Crippen LogP contribution in [-0.2, 0) is 6.54 Å². The fraction of sp³-hybridized carbons (Fsp3) is 0.476. The van der Waals surface area contributed by atoms with Gasteiger partial charge in [-0.3, -0.25) is 9.69 Å². The van der Waals surface area contributed by atoms with E-state index in [0.717, 1.165) is 24.4 Å². The maximum atomic E-state index is 13.2. The summed E-state index contributed by atoms with van der Waals surface area (Å²) in [5, 5.41) is 10.1. The summed E-state index contributed by atoms with van der Waals surface area (Å²) < 4.78 is 6.12. The highest BCUT2D eigenvalue weighted by Crippen LogP contribution is 2.30. The van der Waals surface area contributed by atoms with E-state index in [1.807, 2.05) is 36.4 Å². The predicted molar refractivity (Wildman–Crippen MR) is 105 cm³/mol. The quantitative estimate of drug-likeness (QED) is 0.814. The van der Waals surface area contributed by atoms with Gasteiger partial charge in [0.2, 0.25) is 0 Å². The van der Waals surface area contributed by atoms with Crippen LogP contribution in [0.25, 0.3) is 11.3 Å². The molecule has 1 aliphatic rings. The molecule has 2 heterocycles. The molecule has 1 fully saturated rings. The Bertz CT molecular complexity index is 755. The minimum absolute atomic E-state index is 0.116. The molecule has 3 N–H and O–H groups in total. The minimum atomic E-state index is -0.690. The van der Waals surface area contributed by atoms with Gasteiger partial charge in [-0.25, -0.2) is 0 Å². The van der Waals surface area contributed by atoms with Crippen LogP contribution in [0.15, 0.2) is 40.8 Å². The molecule has 0 unspecified atom stereocenters. The maximum Gasteiger partial charge on any atom is 0.257 e. The Labute approximate surface area is 160 Å². The van der Waals surface area contributed by atoms with Gasteiger partial charge in [-0.2, -0.15) is 0 Å². The van der Waals surface area contributed by atoms with Crippen molar-refractivity contribution in [2.45, 2.75) is 39.0 Å². The van der Waals surface area contributed by atoms with E-state index in [2.05, 4.69) is 18.7 Å². The number of aliphatic hydroxyl groups excluding tert-OH is 1. The number of benzene rings is 1. The van der Waals surface area contributed by atoms with E-state index in [4.69, 9.17) is 10.2 Å². The third kappa shape index (κ3) is 4.40. The van der Waals surface area contributed by atoms with Crippen LogP contribution in [-0.4, -0.2) is 59.1 Å². The van der Waals surface area contributed by atoms with Crippen molar-refractivity contribution < 1.29 is 14.3 Å². The molecule has 3 rings (SSSR count). The van der Waals surface area contributed by atoms with Gasteiger partial charge in [0.05, 0.1) is 18.2 Å². The highest BCUT2D eigenvalue weighted by atomic mass is 16.3. The summed E-state index contributed by atoms with van der Waals surface area (Å²) in [6.45, 7) is 7.50. The zero-order valence-electron chi connectivity index (χ0n) is 16.1. The van der Waals surface area contributed by atoms with Crippen LogP contribution in [0.2, 0.25) is 0 Å². The number of aliphatic hydroxyl groups is 1. The van der Waals surface area contributed by atoms with Gasteiger partial charge in [-0.1, -0.05) is 44.2 Å². The second-order valence-electron chi connectivity index (χ2n) is 7.05. The zero-order valence-corrected chi connectivity index (χ0v) is 16.1. The van der Waals surface area contributed by atoms with Crippen LogP contribution < -0.4 is 5.73 Å². The SMILES string of the molecule is CCN(CC)Cc1cc(C(=O)N2CC[C@@H](N)[C@H](O)C2)c(-c2ccccc2)o1. The van der Waals surface area contributed by atoms with E-state index in [1.165, 1.54) is 0 Å². The number of carbonyl (C=O) groups is 1. The first-order valence-electron chi connectivity index (χ1n) is 9.66. The molecule has 146 valence electrons. The molecule has 2 atom stereocenters. The number of hydrogen-bond donors (Lipinski definition) is 2. The Hall–Kier alpha value is -2.15. The van der Waals surface area contributed by atoms with Crippen LogP contribution >= 0.6 is 0 Å². The van der Waals surface area contributed by atoms with Crippen LogP contribution in [0.4, 0.5) is 0 Å². The fourth-order valence-electron chi connectivity index (χ4n) is 3.45. The molecule has 0 aliphatic carbocycles. The Balaban J connectivity index is 1.92. The molecule has 1 aliphatic heterocycles. The number of hydrogen-bond acceptors (Lipinski definition) is 5. The summed E-state index contributed by atoms with van der Waals surface area (Å²) in [6.07, 6.45) is -0.0949. The zero-order chi connectivity index (χ0) is 19.4. The molecule has 0 bridgehead atoms. The normalized spacial score (nSPS) is 20.3. The monoisotopic (exact) mass is 371 g/mol. The van der Waals surface area contributed by atoms with Crippen LogP contribution in [0.5, 0.6) is 0 Å². The number of nitrogens with zero attached hydrogens (tertiary/aromatic N) is 2. The third-order valence-corrected chi connectivity index (χ3v) is 5.24. The average molecular weight is 371 g/mol. The molecule has 0 saturated carbocycles. The maximum absolute atomic E-state index is 13.2. The van der Waals surface area contributed by atoms with Gasteiger partial charge < -0.3 is 20.2 Å². The first kappa shape index (κ1) is 19.6. The van der Waals surface area contributed by atoms with Crippen molar-refractivity contribution in [1.29, 1.82) is 0 Å². The smallest absolute Gasteiger partial charge is 0.257 e. The van der Waals surface area contributed by atoms with Crippen LogP contribution in [0.1, 0.15) is 36.4 Å². The Morgan fingerprint density at radius 2 is 2.00 bits per heavy atom. The number of likely N-dealkylation sites (tertiary alicyclic amines) is 1. The van der Waals surface area contributed by atoms with Gasteiger partial charge in [0, 0.05) is 24.7 Å². The summed E-state index contributed by atoms with van der Waals surface area (Å²) in [6, 6.07) is 11.3. The lowest BCUT2D eigenvalue weighted by Gasteiger charge is -2.34. The first-order valence-corrected chi connectivity index (χ1v) is 9.66. The number of nitrogens with two attached hydrogens (primary N) is 1. The number of carbonyl (C=O) groups excluding carboxylic acids is 1. The Morgan fingerprint density at radius 3 is 2.63 bits per heavy atom. The van der Waals surface area contributed by atoms with Crippen molar-refractivity contribution >= 4 is 5.91 Å². The van der Waals surface area contributed by atoms with E-state index >= 15 is 0 Å². The van der Waals surface area contributed by atoms with Crippen LogP contribution in [0, 0.1) is 0 Å². The number of β-amino-alcohol motifs (C(OH)–C–C–N with tert-alkyl or cyclic N) is 1. The van der Waals surface area contributed by atoms with E-state index in [0.29, 0.717) is 30.8 Å². The van der Waals surface area contributed by atoms with E-state index in [1.54, 1.807) is 4.90 Å². The third-order valence-electron chi connectivity index (χ3n) is 5.24. The molecule has 2 aromatic rings.